The standard InChI is InChI=1S/C15H16ClN3O/c1-19-10-7-13(18-19)17-14(20)15(8-2-9-15)11-3-5-12(16)6-4-11/h3-7,10H,2,8-9H2,1H3,(H,17,18,20). The summed E-state index contributed by atoms with van der Waals surface area (Å²) in [6.45, 7) is 0. The van der Waals surface area contributed by atoms with Crippen LogP contribution in [0.5, 0.6) is 0 Å². The first kappa shape index (κ1) is 13.2. The van der Waals surface area contributed by atoms with Crippen molar-refractivity contribution in [3.05, 3.63) is 47.1 Å². The van der Waals surface area contributed by atoms with Gasteiger partial charge in [-0.05, 0) is 30.5 Å². The molecule has 3 rings (SSSR count). The highest BCUT2D eigenvalue weighted by molar-refractivity contribution is 6.30. The van der Waals surface area contributed by atoms with Crippen molar-refractivity contribution >= 4 is 23.3 Å². The van der Waals surface area contributed by atoms with Crippen LogP contribution in [0.2, 0.25) is 5.02 Å². The second-order valence-electron chi connectivity index (χ2n) is 5.27. The molecule has 1 amide bonds. The van der Waals surface area contributed by atoms with Gasteiger partial charge in [0.05, 0.1) is 5.41 Å². The predicted molar refractivity (Wildman–Crippen MR) is 78.8 cm³/mol. The summed E-state index contributed by atoms with van der Waals surface area (Å²) < 4.78 is 1.67. The van der Waals surface area contributed by atoms with E-state index in [1.165, 1.54) is 0 Å². The quantitative estimate of drug-likeness (QED) is 0.943. The Hall–Kier alpha value is -1.81. The monoisotopic (exact) mass is 289 g/mol. The number of hydrogen-bond donors (Lipinski definition) is 1. The largest absolute Gasteiger partial charge is 0.308 e. The third-order valence-electron chi connectivity index (χ3n) is 3.99. The Morgan fingerprint density at radius 2 is 2.00 bits per heavy atom. The molecular weight excluding hydrogens is 274 g/mol. The third-order valence-corrected chi connectivity index (χ3v) is 4.25. The van der Waals surface area contributed by atoms with Crippen LogP contribution in [0.1, 0.15) is 24.8 Å². The lowest BCUT2D eigenvalue weighted by Gasteiger charge is -2.40. The minimum atomic E-state index is -0.428. The van der Waals surface area contributed by atoms with Crippen molar-refractivity contribution in [2.45, 2.75) is 24.7 Å². The van der Waals surface area contributed by atoms with Crippen LogP contribution in [0, 0.1) is 0 Å². The maximum atomic E-state index is 12.6. The van der Waals surface area contributed by atoms with Crippen molar-refractivity contribution in [3.8, 4) is 0 Å². The van der Waals surface area contributed by atoms with E-state index >= 15 is 0 Å². The Labute approximate surface area is 122 Å². The van der Waals surface area contributed by atoms with Gasteiger partial charge in [-0.1, -0.05) is 30.2 Å². The van der Waals surface area contributed by atoms with Gasteiger partial charge in [0.2, 0.25) is 5.91 Å². The van der Waals surface area contributed by atoms with Crippen LogP contribution in [0.4, 0.5) is 5.82 Å². The van der Waals surface area contributed by atoms with E-state index in [-0.39, 0.29) is 5.91 Å². The fourth-order valence-corrected chi connectivity index (χ4v) is 2.79. The molecule has 0 saturated heterocycles. The lowest BCUT2D eigenvalue weighted by molar-refractivity contribution is -0.124. The number of aromatic nitrogens is 2. The van der Waals surface area contributed by atoms with Gasteiger partial charge in [0, 0.05) is 24.3 Å². The Morgan fingerprint density at radius 3 is 2.50 bits per heavy atom. The van der Waals surface area contributed by atoms with Gasteiger partial charge in [0.15, 0.2) is 5.82 Å². The molecule has 1 fully saturated rings. The highest BCUT2D eigenvalue weighted by atomic mass is 35.5. The van der Waals surface area contributed by atoms with Crippen LogP contribution in [-0.2, 0) is 17.3 Å². The first-order valence-corrected chi connectivity index (χ1v) is 7.05. The summed E-state index contributed by atoms with van der Waals surface area (Å²) in [6, 6.07) is 9.36. The third kappa shape index (κ3) is 2.20. The van der Waals surface area contributed by atoms with Crippen molar-refractivity contribution in [1.29, 1.82) is 0 Å². The second kappa shape index (κ2) is 4.94. The Morgan fingerprint density at radius 1 is 1.30 bits per heavy atom. The molecule has 2 aromatic rings. The number of halogens is 1. The van der Waals surface area contributed by atoms with E-state index in [1.807, 2.05) is 37.5 Å². The summed E-state index contributed by atoms with van der Waals surface area (Å²) in [5.74, 6) is 0.613. The number of benzene rings is 1. The van der Waals surface area contributed by atoms with E-state index in [0.29, 0.717) is 10.8 Å². The van der Waals surface area contributed by atoms with E-state index in [2.05, 4.69) is 10.4 Å². The highest BCUT2D eigenvalue weighted by Crippen LogP contribution is 2.44. The number of carbonyl (C=O) groups excluding carboxylic acids is 1. The molecule has 0 aliphatic heterocycles. The maximum Gasteiger partial charge on any atom is 0.236 e. The van der Waals surface area contributed by atoms with Gasteiger partial charge >= 0.3 is 0 Å². The van der Waals surface area contributed by atoms with E-state index in [0.717, 1.165) is 24.8 Å². The number of rotatable bonds is 3. The summed E-state index contributed by atoms with van der Waals surface area (Å²) in [5.41, 5.74) is 0.601. The van der Waals surface area contributed by atoms with Crippen LogP contribution in [-0.4, -0.2) is 15.7 Å². The number of carbonyl (C=O) groups is 1. The average Bonchev–Trinajstić information content (AvgIpc) is 2.76. The highest BCUT2D eigenvalue weighted by Gasteiger charge is 2.45. The molecule has 1 N–H and O–H groups in total. The summed E-state index contributed by atoms with van der Waals surface area (Å²) in [7, 11) is 1.83. The number of amides is 1. The summed E-state index contributed by atoms with van der Waals surface area (Å²) >= 11 is 5.92. The normalized spacial score (nSPS) is 16.5. The number of aryl methyl sites for hydroxylation is 1. The van der Waals surface area contributed by atoms with Gasteiger partial charge in [-0.3, -0.25) is 9.48 Å². The van der Waals surface area contributed by atoms with Crippen molar-refractivity contribution in [2.24, 2.45) is 7.05 Å². The molecule has 0 unspecified atom stereocenters. The first-order valence-electron chi connectivity index (χ1n) is 6.67. The van der Waals surface area contributed by atoms with E-state index in [1.54, 1.807) is 10.7 Å². The summed E-state index contributed by atoms with van der Waals surface area (Å²) in [4.78, 5) is 12.6. The molecule has 0 radical (unpaired) electrons. The zero-order valence-electron chi connectivity index (χ0n) is 11.3. The van der Waals surface area contributed by atoms with Crippen LogP contribution in [0.15, 0.2) is 36.5 Å². The molecule has 1 aliphatic rings. The summed E-state index contributed by atoms with van der Waals surface area (Å²) in [6.07, 6.45) is 4.62. The molecule has 1 aliphatic carbocycles. The van der Waals surface area contributed by atoms with Crippen molar-refractivity contribution in [2.75, 3.05) is 5.32 Å². The SMILES string of the molecule is Cn1ccc(NC(=O)C2(c3ccc(Cl)cc3)CCC2)n1. The van der Waals surface area contributed by atoms with Crippen LogP contribution < -0.4 is 5.32 Å². The van der Waals surface area contributed by atoms with Gasteiger partial charge in [-0.15, -0.1) is 0 Å². The zero-order chi connectivity index (χ0) is 14.2. The molecule has 1 heterocycles. The predicted octanol–water partition coefficient (Wildman–Crippen LogP) is 3.13. The molecule has 1 aromatic heterocycles. The molecule has 0 spiro atoms. The molecule has 104 valence electrons. The zero-order valence-corrected chi connectivity index (χ0v) is 12.0. The van der Waals surface area contributed by atoms with Crippen molar-refractivity contribution in [3.63, 3.8) is 0 Å². The van der Waals surface area contributed by atoms with E-state index in [9.17, 15) is 4.79 Å². The second-order valence-corrected chi connectivity index (χ2v) is 5.71. The van der Waals surface area contributed by atoms with Crippen LogP contribution in [0.3, 0.4) is 0 Å². The molecule has 0 atom stereocenters. The summed E-state index contributed by atoms with van der Waals surface area (Å²) in [5, 5.41) is 7.80. The van der Waals surface area contributed by atoms with E-state index < -0.39 is 5.41 Å². The number of hydrogen-bond acceptors (Lipinski definition) is 2. The number of anilines is 1. The van der Waals surface area contributed by atoms with Crippen LogP contribution >= 0.6 is 11.6 Å². The maximum absolute atomic E-state index is 12.6. The Balaban J connectivity index is 1.85. The van der Waals surface area contributed by atoms with Gasteiger partial charge in [-0.2, -0.15) is 5.10 Å². The topological polar surface area (TPSA) is 46.9 Å². The minimum absolute atomic E-state index is 0.0183. The number of nitrogens with one attached hydrogen (secondary N) is 1. The van der Waals surface area contributed by atoms with Crippen molar-refractivity contribution < 1.29 is 4.79 Å². The fourth-order valence-electron chi connectivity index (χ4n) is 2.66. The molecule has 1 saturated carbocycles. The van der Waals surface area contributed by atoms with Gasteiger partial charge in [0.25, 0.3) is 0 Å². The molecule has 1 aromatic carbocycles. The molecule has 4 nitrogen and oxygen atoms in total. The minimum Gasteiger partial charge on any atom is -0.308 e. The molecule has 20 heavy (non-hydrogen) atoms. The van der Waals surface area contributed by atoms with Crippen molar-refractivity contribution in [1.82, 2.24) is 9.78 Å². The molecule has 0 bridgehead atoms. The lowest BCUT2D eigenvalue weighted by Crippen LogP contribution is -2.46. The Bertz CT molecular complexity index is 629. The van der Waals surface area contributed by atoms with Gasteiger partial charge < -0.3 is 5.32 Å². The molecular formula is C15H16ClN3O. The van der Waals surface area contributed by atoms with Gasteiger partial charge in [-0.25, -0.2) is 0 Å². The van der Waals surface area contributed by atoms with Crippen LogP contribution in [0.25, 0.3) is 0 Å². The fraction of sp³-hybridized carbons (Fsp3) is 0.333. The number of nitrogens with zero attached hydrogens (tertiary/aromatic N) is 2. The lowest BCUT2D eigenvalue weighted by atomic mass is 9.64. The first-order chi connectivity index (χ1) is 9.60. The Kier molecular flexibility index (Phi) is 3.26. The smallest absolute Gasteiger partial charge is 0.236 e. The van der Waals surface area contributed by atoms with Gasteiger partial charge in [0.1, 0.15) is 0 Å². The molecule has 5 heteroatoms. The average molecular weight is 290 g/mol. The van der Waals surface area contributed by atoms with E-state index in [4.69, 9.17) is 11.6 Å².